The lowest BCUT2D eigenvalue weighted by molar-refractivity contribution is -0.117. The van der Waals surface area contributed by atoms with Crippen LogP contribution >= 0.6 is 24.8 Å². The highest BCUT2D eigenvalue weighted by atomic mass is 35.5. The number of nitrogens with two attached hydrogens (primary N) is 1. The molecule has 0 spiro atoms. The van der Waals surface area contributed by atoms with Gasteiger partial charge in [0.15, 0.2) is 0 Å². The molecule has 8 heteroatoms. The number of halogens is 2. The second kappa shape index (κ2) is 13.9. The van der Waals surface area contributed by atoms with Gasteiger partial charge in [0.2, 0.25) is 11.8 Å². The highest BCUT2D eigenvalue weighted by Crippen LogP contribution is 2.23. The van der Waals surface area contributed by atoms with Crippen molar-refractivity contribution < 1.29 is 9.59 Å². The van der Waals surface area contributed by atoms with Gasteiger partial charge in [-0.3, -0.25) is 9.59 Å². The highest BCUT2D eigenvalue weighted by molar-refractivity contribution is 5.91. The molecule has 2 aromatic carbocycles. The fourth-order valence-corrected chi connectivity index (χ4v) is 3.74. The Hall–Kier alpha value is -2.28. The zero-order valence-electron chi connectivity index (χ0n) is 17.6. The molecule has 2 amide bonds. The lowest BCUT2D eigenvalue weighted by atomic mass is 9.93. The van der Waals surface area contributed by atoms with Gasteiger partial charge >= 0.3 is 0 Å². The van der Waals surface area contributed by atoms with Crippen LogP contribution in [0.4, 0.5) is 11.4 Å². The minimum atomic E-state index is -0.391. The summed E-state index contributed by atoms with van der Waals surface area (Å²) in [6.45, 7) is 2.77. The van der Waals surface area contributed by atoms with Gasteiger partial charge in [0.05, 0.1) is 6.54 Å². The summed E-state index contributed by atoms with van der Waals surface area (Å²) in [5, 5.41) is 6.35. The van der Waals surface area contributed by atoms with E-state index in [9.17, 15) is 9.59 Å². The molecule has 0 aromatic heterocycles. The topological polar surface area (TPSA) is 87.5 Å². The van der Waals surface area contributed by atoms with Crippen molar-refractivity contribution in [2.75, 3.05) is 29.9 Å². The molecule has 2 aromatic rings. The summed E-state index contributed by atoms with van der Waals surface area (Å²) >= 11 is 0. The number of rotatable bonds is 9. The molecule has 1 aliphatic heterocycles. The third-order valence-corrected chi connectivity index (χ3v) is 5.30. The van der Waals surface area contributed by atoms with Crippen LogP contribution in [0.15, 0.2) is 54.6 Å². The Morgan fingerprint density at radius 2 is 1.74 bits per heavy atom. The van der Waals surface area contributed by atoms with Crippen LogP contribution < -0.4 is 21.3 Å². The highest BCUT2D eigenvalue weighted by Gasteiger charge is 2.15. The van der Waals surface area contributed by atoms with Crippen LogP contribution in [0.3, 0.4) is 0 Å². The number of piperidine rings is 1. The first-order valence-corrected chi connectivity index (χ1v) is 10.3. The minimum absolute atomic E-state index is 0. The van der Waals surface area contributed by atoms with Crippen LogP contribution in [0, 0.1) is 5.92 Å². The van der Waals surface area contributed by atoms with Gasteiger partial charge in [0.1, 0.15) is 0 Å². The Balaban J connectivity index is 0.00000240. The van der Waals surface area contributed by atoms with E-state index in [4.69, 9.17) is 5.73 Å². The van der Waals surface area contributed by atoms with Gasteiger partial charge in [-0.2, -0.15) is 0 Å². The standard InChI is InChI=1S/C23H30N4O2.2ClH/c24-22(28)17-27(16-19-5-2-1-3-6-19)21-8-4-7-20(15-21)26-23(29)10-9-18-11-13-25-14-12-18;;/h1-8,15,18,25H,9-14,16-17H2,(H2,24,28)(H,26,29);2*1H. The number of hydrogen-bond donors (Lipinski definition) is 3. The van der Waals surface area contributed by atoms with Gasteiger partial charge < -0.3 is 21.3 Å². The number of carbonyl (C=O) groups is 2. The molecule has 4 N–H and O–H groups in total. The Bertz CT molecular complexity index is 814. The van der Waals surface area contributed by atoms with Crippen molar-refractivity contribution in [3.63, 3.8) is 0 Å². The van der Waals surface area contributed by atoms with E-state index in [1.165, 1.54) is 0 Å². The summed E-state index contributed by atoms with van der Waals surface area (Å²) in [6.07, 6.45) is 3.74. The molecular formula is C23H32Cl2N4O2. The SMILES string of the molecule is Cl.Cl.NC(=O)CN(Cc1ccccc1)c1cccc(NC(=O)CCC2CCNCC2)c1. The Kier molecular flexibility index (Phi) is 12.0. The fourth-order valence-electron chi connectivity index (χ4n) is 3.74. The van der Waals surface area contributed by atoms with Crippen LogP contribution in [0.1, 0.15) is 31.2 Å². The zero-order valence-corrected chi connectivity index (χ0v) is 19.2. The zero-order chi connectivity index (χ0) is 20.5. The van der Waals surface area contributed by atoms with Crippen LogP contribution in [0.5, 0.6) is 0 Å². The predicted molar refractivity (Wildman–Crippen MR) is 131 cm³/mol. The van der Waals surface area contributed by atoms with E-state index in [1.54, 1.807) is 0 Å². The number of benzene rings is 2. The molecule has 1 fully saturated rings. The first-order valence-electron chi connectivity index (χ1n) is 10.3. The average molecular weight is 467 g/mol. The molecule has 3 rings (SSSR count). The molecule has 0 atom stereocenters. The normalized spacial score (nSPS) is 13.4. The first kappa shape index (κ1) is 26.8. The predicted octanol–water partition coefficient (Wildman–Crippen LogP) is 3.74. The Labute approximate surface area is 196 Å². The van der Waals surface area contributed by atoms with Crippen molar-refractivity contribution in [1.29, 1.82) is 0 Å². The lowest BCUT2D eigenvalue weighted by Crippen LogP contribution is -2.33. The molecule has 0 bridgehead atoms. The van der Waals surface area contributed by atoms with Crippen molar-refractivity contribution in [3.8, 4) is 0 Å². The van der Waals surface area contributed by atoms with Gasteiger partial charge in [-0.15, -0.1) is 24.8 Å². The number of anilines is 2. The molecule has 1 saturated heterocycles. The molecule has 170 valence electrons. The molecule has 0 aliphatic carbocycles. The third kappa shape index (κ3) is 9.17. The smallest absolute Gasteiger partial charge is 0.236 e. The molecule has 1 aliphatic rings. The van der Waals surface area contributed by atoms with E-state index in [0.29, 0.717) is 18.9 Å². The van der Waals surface area contributed by atoms with E-state index >= 15 is 0 Å². The van der Waals surface area contributed by atoms with Crippen molar-refractivity contribution in [3.05, 3.63) is 60.2 Å². The summed E-state index contributed by atoms with van der Waals surface area (Å²) in [4.78, 5) is 25.9. The summed E-state index contributed by atoms with van der Waals surface area (Å²) < 4.78 is 0. The van der Waals surface area contributed by atoms with E-state index < -0.39 is 5.91 Å². The summed E-state index contributed by atoms with van der Waals surface area (Å²) in [5.74, 6) is 0.271. The van der Waals surface area contributed by atoms with E-state index in [2.05, 4.69) is 10.6 Å². The summed E-state index contributed by atoms with van der Waals surface area (Å²) in [6, 6.07) is 17.5. The van der Waals surface area contributed by atoms with Gasteiger partial charge in [0, 0.05) is 24.3 Å². The van der Waals surface area contributed by atoms with Crippen molar-refractivity contribution in [2.24, 2.45) is 11.7 Å². The second-order valence-electron chi connectivity index (χ2n) is 7.64. The number of primary amides is 1. The fraction of sp³-hybridized carbons (Fsp3) is 0.391. The molecular weight excluding hydrogens is 435 g/mol. The van der Waals surface area contributed by atoms with E-state index in [0.717, 1.165) is 49.3 Å². The number of nitrogens with one attached hydrogen (secondary N) is 2. The Morgan fingerprint density at radius 1 is 1.03 bits per heavy atom. The van der Waals surface area contributed by atoms with E-state index in [-0.39, 0.29) is 37.3 Å². The van der Waals surface area contributed by atoms with Gasteiger partial charge in [0.25, 0.3) is 0 Å². The lowest BCUT2D eigenvalue weighted by Gasteiger charge is -2.24. The number of hydrogen-bond acceptors (Lipinski definition) is 4. The number of nitrogens with zero attached hydrogens (tertiary/aromatic N) is 1. The third-order valence-electron chi connectivity index (χ3n) is 5.30. The molecule has 1 heterocycles. The van der Waals surface area contributed by atoms with Crippen molar-refractivity contribution in [1.82, 2.24) is 5.32 Å². The van der Waals surface area contributed by atoms with Crippen LogP contribution in [0.2, 0.25) is 0 Å². The number of amides is 2. The molecule has 6 nitrogen and oxygen atoms in total. The summed E-state index contributed by atoms with van der Waals surface area (Å²) in [7, 11) is 0. The quantitative estimate of drug-likeness (QED) is 0.525. The van der Waals surface area contributed by atoms with Crippen LogP contribution in [-0.2, 0) is 16.1 Å². The first-order chi connectivity index (χ1) is 14.1. The average Bonchev–Trinajstić information content (AvgIpc) is 2.73. The Morgan fingerprint density at radius 3 is 2.42 bits per heavy atom. The van der Waals surface area contributed by atoms with Crippen molar-refractivity contribution >= 4 is 48.0 Å². The minimum Gasteiger partial charge on any atom is -0.368 e. The van der Waals surface area contributed by atoms with E-state index in [1.807, 2.05) is 59.5 Å². The monoisotopic (exact) mass is 466 g/mol. The molecule has 31 heavy (non-hydrogen) atoms. The molecule has 0 radical (unpaired) electrons. The number of carbonyl (C=O) groups excluding carboxylic acids is 2. The van der Waals surface area contributed by atoms with Gasteiger partial charge in [-0.1, -0.05) is 36.4 Å². The van der Waals surface area contributed by atoms with Crippen LogP contribution in [-0.4, -0.2) is 31.4 Å². The maximum absolute atomic E-state index is 12.4. The van der Waals surface area contributed by atoms with Crippen LogP contribution in [0.25, 0.3) is 0 Å². The maximum atomic E-state index is 12.4. The second-order valence-corrected chi connectivity index (χ2v) is 7.64. The molecule has 0 saturated carbocycles. The van der Waals surface area contributed by atoms with Gasteiger partial charge in [-0.25, -0.2) is 0 Å². The summed E-state index contributed by atoms with van der Waals surface area (Å²) in [5.41, 5.74) is 8.13. The van der Waals surface area contributed by atoms with Crippen molar-refractivity contribution in [2.45, 2.75) is 32.2 Å². The molecule has 0 unspecified atom stereocenters. The largest absolute Gasteiger partial charge is 0.368 e. The maximum Gasteiger partial charge on any atom is 0.236 e. The van der Waals surface area contributed by atoms with Gasteiger partial charge in [-0.05, 0) is 62.0 Å².